The minimum absolute atomic E-state index is 0.0740. The third-order valence-electron chi connectivity index (χ3n) is 2.74. The van der Waals surface area contributed by atoms with E-state index in [0.29, 0.717) is 0 Å². The first-order chi connectivity index (χ1) is 10.5. The first-order valence-electron chi connectivity index (χ1n) is 6.01. The molecule has 3 N–H and O–H groups in total. The number of alkyl halides is 7. The molecule has 2 aromatic rings. The molecule has 0 bridgehead atoms. The Kier molecular flexibility index (Phi) is 4.09. The molecule has 0 aliphatic heterocycles. The van der Waals surface area contributed by atoms with Crippen LogP contribution in [0, 0.1) is 0 Å². The van der Waals surface area contributed by atoms with E-state index in [1.807, 2.05) is 0 Å². The van der Waals surface area contributed by atoms with Gasteiger partial charge in [0, 0.05) is 13.1 Å². The Morgan fingerprint density at radius 2 is 1.70 bits per heavy atom. The lowest BCUT2D eigenvalue weighted by Gasteiger charge is -2.26. The molecule has 128 valence electrons. The van der Waals surface area contributed by atoms with Gasteiger partial charge < -0.3 is 11.1 Å². The number of fused-ring (bicyclic) bond motifs is 1. The van der Waals surface area contributed by atoms with E-state index in [0.717, 1.165) is 6.07 Å². The van der Waals surface area contributed by atoms with Crippen LogP contribution in [-0.4, -0.2) is 45.0 Å². The maximum Gasteiger partial charge on any atom is 0.460 e. The fourth-order valence-corrected chi connectivity index (χ4v) is 1.60. The van der Waals surface area contributed by atoms with Crippen molar-refractivity contribution in [2.45, 2.75) is 18.0 Å². The molecule has 0 aliphatic rings. The molecule has 2 heterocycles. The third kappa shape index (κ3) is 2.75. The molecular weight excluding hydrogens is 337 g/mol. The Morgan fingerprint density at radius 1 is 1.04 bits per heavy atom. The zero-order chi connectivity index (χ0) is 17.5. The summed E-state index contributed by atoms with van der Waals surface area (Å²) in [6.07, 6.45) is -6.47. The van der Waals surface area contributed by atoms with Crippen LogP contribution in [0.15, 0.2) is 12.1 Å². The van der Waals surface area contributed by atoms with E-state index in [-0.39, 0.29) is 23.4 Å². The second-order valence-electron chi connectivity index (χ2n) is 4.37. The number of anilines is 1. The van der Waals surface area contributed by atoms with Gasteiger partial charge in [0.05, 0.1) is 0 Å². The molecule has 2 aromatic heterocycles. The summed E-state index contributed by atoms with van der Waals surface area (Å²) in [5, 5.41) is 11.9. The Bertz CT molecular complexity index is 695. The van der Waals surface area contributed by atoms with Crippen LogP contribution in [-0.2, 0) is 5.92 Å². The fourth-order valence-electron chi connectivity index (χ4n) is 1.60. The molecule has 2 rings (SSSR count). The standard InChI is InChI=1S/C10H9F7N6/c11-8(12,9(13,14)10(15,16)17)7-21-20-6-2-1-5(19-4-3-18)22-23(6)7/h1-2H,3-4,18H2,(H,19,22). The Morgan fingerprint density at radius 3 is 2.26 bits per heavy atom. The van der Waals surface area contributed by atoms with Gasteiger partial charge in [-0.25, -0.2) is 0 Å². The van der Waals surface area contributed by atoms with E-state index in [9.17, 15) is 30.7 Å². The van der Waals surface area contributed by atoms with Crippen molar-refractivity contribution < 1.29 is 30.7 Å². The molecule has 0 saturated heterocycles. The molecular formula is C10H9F7N6. The summed E-state index contributed by atoms with van der Waals surface area (Å²) in [4.78, 5) is 0. The van der Waals surface area contributed by atoms with E-state index in [1.54, 1.807) is 0 Å². The molecule has 0 unspecified atom stereocenters. The predicted octanol–water partition coefficient (Wildman–Crippen LogP) is 1.78. The van der Waals surface area contributed by atoms with Crippen molar-refractivity contribution in [3.63, 3.8) is 0 Å². The molecule has 0 aliphatic carbocycles. The van der Waals surface area contributed by atoms with Gasteiger partial charge in [-0.3, -0.25) is 0 Å². The molecule has 23 heavy (non-hydrogen) atoms. The summed E-state index contributed by atoms with van der Waals surface area (Å²) >= 11 is 0. The van der Waals surface area contributed by atoms with Gasteiger partial charge in [-0.05, 0) is 12.1 Å². The summed E-state index contributed by atoms with van der Waals surface area (Å²) in [5.41, 5.74) is 4.79. The summed E-state index contributed by atoms with van der Waals surface area (Å²) in [7, 11) is 0. The van der Waals surface area contributed by atoms with E-state index < -0.39 is 29.5 Å². The monoisotopic (exact) mass is 346 g/mol. The molecule has 0 radical (unpaired) electrons. The molecule has 0 atom stereocenters. The van der Waals surface area contributed by atoms with Gasteiger partial charge in [0.1, 0.15) is 5.82 Å². The summed E-state index contributed by atoms with van der Waals surface area (Å²) in [6.45, 7) is 0.322. The van der Waals surface area contributed by atoms with Gasteiger partial charge in [-0.2, -0.15) is 35.2 Å². The van der Waals surface area contributed by atoms with E-state index in [1.165, 1.54) is 6.07 Å². The summed E-state index contributed by atoms with van der Waals surface area (Å²) in [6, 6.07) is 2.33. The van der Waals surface area contributed by atoms with Crippen molar-refractivity contribution in [1.29, 1.82) is 0 Å². The van der Waals surface area contributed by atoms with Crippen LogP contribution in [0.25, 0.3) is 5.65 Å². The number of hydrogen-bond donors (Lipinski definition) is 2. The van der Waals surface area contributed by atoms with Gasteiger partial charge >= 0.3 is 18.0 Å². The summed E-state index contributed by atoms with van der Waals surface area (Å²) < 4.78 is 90.4. The van der Waals surface area contributed by atoms with E-state index in [4.69, 9.17) is 5.73 Å². The van der Waals surface area contributed by atoms with Crippen LogP contribution in [0.4, 0.5) is 36.6 Å². The molecule has 0 saturated carbocycles. The van der Waals surface area contributed by atoms with Crippen molar-refractivity contribution in [2.75, 3.05) is 18.4 Å². The van der Waals surface area contributed by atoms with Crippen molar-refractivity contribution >= 4 is 11.5 Å². The van der Waals surface area contributed by atoms with Crippen LogP contribution in [0.1, 0.15) is 5.82 Å². The first kappa shape index (κ1) is 17.2. The minimum atomic E-state index is -6.47. The quantitative estimate of drug-likeness (QED) is 0.807. The maximum atomic E-state index is 13.7. The fraction of sp³-hybridized carbons (Fsp3) is 0.500. The van der Waals surface area contributed by atoms with Gasteiger partial charge in [0.15, 0.2) is 5.65 Å². The van der Waals surface area contributed by atoms with Crippen molar-refractivity contribution in [1.82, 2.24) is 19.8 Å². The normalized spacial score (nSPS) is 13.6. The van der Waals surface area contributed by atoms with Crippen LogP contribution < -0.4 is 11.1 Å². The van der Waals surface area contributed by atoms with Crippen molar-refractivity contribution in [3.05, 3.63) is 18.0 Å². The number of hydrogen-bond acceptors (Lipinski definition) is 5. The highest BCUT2D eigenvalue weighted by molar-refractivity contribution is 5.44. The first-order valence-corrected chi connectivity index (χ1v) is 6.01. The number of nitrogens with one attached hydrogen (secondary N) is 1. The highest BCUT2D eigenvalue weighted by atomic mass is 19.4. The molecule has 0 amide bonds. The van der Waals surface area contributed by atoms with Crippen molar-refractivity contribution in [2.24, 2.45) is 5.73 Å². The Balaban J connectivity index is 2.54. The molecule has 6 nitrogen and oxygen atoms in total. The van der Waals surface area contributed by atoms with Crippen LogP contribution in [0.5, 0.6) is 0 Å². The number of rotatable bonds is 5. The Labute approximate surface area is 123 Å². The smallest absolute Gasteiger partial charge is 0.367 e. The predicted molar refractivity (Wildman–Crippen MR) is 63.2 cm³/mol. The van der Waals surface area contributed by atoms with E-state index >= 15 is 0 Å². The number of aromatic nitrogens is 4. The topological polar surface area (TPSA) is 81.1 Å². The number of nitrogens with two attached hydrogens (primary N) is 1. The zero-order valence-corrected chi connectivity index (χ0v) is 11.1. The van der Waals surface area contributed by atoms with E-state index in [2.05, 4.69) is 20.6 Å². The molecule has 0 fully saturated rings. The molecule has 0 spiro atoms. The number of halogens is 7. The second-order valence-corrected chi connectivity index (χ2v) is 4.37. The average Bonchev–Trinajstić information content (AvgIpc) is 2.87. The molecule has 0 aromatic carbocycles. The molecule has 13 heteroatoms. The van der Waals surface area contributed by atoms with Gasteiger partial charge in [-0.15, -0.1) is 15.3 Å². The summed E-state index contributed by atoms with van der Waals surface area (Å²) in [5.74, 6) is -14.0. The number of nitrogens with zero attached hydrogens (tertiary/aromatic N) is 4. The van der Waals surface area contributed by atoms with Crippen LogP contribution >= 0.6 is 0 Å². The second kappa shape index (κ2) is 5.47. The highest BCUT2D eigenvalue weighted by Crippen LogP contribution is 2.51. The van der Waals surface area contributed by atoms with Crippen LogP contribution in [0.3, 0.4) is 0 Å². The minimum Gasteiger partial charge on any atom is -0.367 e. The lowest BCUT2D eigenvalue weighted by Crippen LogP contribution is -2.51. The van der Waals surface area contributed by atoms with Gasteiger partial charge in [-0.1, -0.05) is 0 Å². The van der Waals surface area contributed by atoms with Crippen molar-refractivity contribution in [3.8, 4) is 0 Å². The van der Waals surface area contributed by atoms with Crippen LogP contribution in [0.2, 0.25) is 0 Å². The lowest BCUT2D eigenvalue weighted by molar-refractivity contribution is -0.361. The maximum absolute atomic E-state index is 13.7. The SMILES string of the molecule is NCCNc1ccc2nnc(C(F)(F)C(F)(F)C(F)(F)F)n2n1. The Hall–Kier alpha value is -2.18. The average molecular weight is 346 g/mol. The van der Waals surface area contributed by atoms with Gasteiger partial charge in [0.2, 0.25) is 5.82 Å². The lowest BCUT2D eigenvalue weighted by atomic mass is 10.1. The largest absolute Gasteiger partial charge is 0.460 e. The van der Waals surface area contributed by atoms with Gasteiger partial charge in [0.25, 0.3) is 0 Å². The zero-order valence-electron chi connectivity index (χ0n) is 11.1. The third-order valence-corrected chi connectivity index (χ3v) is 2.74. The highest BCUT2D eigenvalue weighted by Gasteiger charge is 2.75.